The molecular weight excluding hydrogens is 1290 g/mol. The third-order valence-corrected chi connectivity index (χ3v) is 14.5. The molecule has 33 heteroatoms. The number of aromatic amines is 6. The van der Waals surface area contributed by atoms with Crippen LogP contribution in [0.1, 0.15) is 84.9 Å². The Bertz CT molecular complexity index is 4820. The van der Waals surface area contributed by atoms with Crippen LogP contribution >= 0.6 is 11.6 Å². The molecule has 0 bridgehead atoms. The lowest BCUT2D eigenvalue weighted by Gasteiger charge is -2.37. The van der Waals surface area contributed by atoms with Gasteiger partial charge in [-0.15, -0.1) is 0 Å². The van der Waals surface area contributed by atoms with Gasteiger partial charge in [0.2, 0.25) is 41.5 Å². The van der Waals surface area contributed by atoms with Crippen LogP contribution in [0.15, 0.2) is 141 Å². The number of Topliss-reactive ketones (excluding diaryl/α,β-unsaturated/α-hetero) is 3. The van der Waals surface area contributed by atoms with E-state index in [1.165, 1.54) is 53.5 Å². The first-order valence-corrected chi connectivity index (χ1v) is 30.9. The molecule has 11 aromatic rings. The fraction of sp³-hybridized carbons (Fsp3) is 0.292. The molecule has 32 nitrogen and oxygen atoms in total. The van der Waals surface area contributed by atoms with Crippen molar-refractivity contribution in [3.05, 3.63) is 180 Å². The van der Waals surface area contributed by atoms with Crippen LogP contribution in [0.5, 0.6) is 5.75 Å². The van der Waals surface area contributed by atoms with Crippen molar-refractivity contribution in [2.45, 2.75) is 86.9 Å². The minimum absolute atomic E-state index is 0.0253. The predicted octanol–water partition coefficient (Wildman–Crippen LogP) is 6.00. The molecule has 0 aliphatic rings. The van der Waals surface area contributed by atoms with Crippen LogP contribution in [-0.4, -0.2) is 129 Å². The number of fused-ring (bicyclic) bond motifs is 4. The topological polar surface area (TPSA) is 462 Å². The lowest BCUT2D eigenvalue weighted by atomic mass is 9.76. The van der Waals surface area contributed by atoms with Gasteiger partial charge in [0.15, 0.2) is 34.2 Å². The number of benzene rings is 3. The number of carbonyl (C=O) groups is 6. The van der Waals surface area contributed by atoms with Crippen molar-refractivity contribution < 1.29 is 33.5 Å². The van der Waals surface area contributed by atoms with Gasteiger partial charge in [0.25, 0.3) is 22.2 Å². The van der Waals surface area contributed by atoms with Crippen molar-refractivity contribution in [2.75, 3.05) is 35.3 Å². The van der Waals surface area contributed by atoms with Gasteiger partial charge in [0.1, 0.15) is 46.2 Å². The Morgan fingerprint density at radius 2 is 0.980 bits per heavy atom. The fourth-order valence-corrected chi connectivity index (χ4v) is 9.50. The van der Waals surface area contributed by atoms with Gasteiger partial charge in [-0.3, -0.25) is 94.6 Å². The minimum Gasteiger partial charge on any atom is -0.497 e. The maximum absolute atomic E-state index is 13.8. The predicted molar refractivity (Wildman–Crippen MR) is 369 cm³/mol. The number of nitrogens with one attached hydrogen (secondary N) is 10. The lowest BCUT2D eigenvalue weighted by Crippen LogP contribution is -2.45. The normalized spacial score (nSPS) is 11.3. The van der Waals surface area contributed by atoms with Crippen LogP contribution in [0, 0.1) is 23.7 Å². The largest absolute Gasteiger partial charge is 0.497 e. The summed E-state index contributed by atoms with van der Waals surface area (Å²) in [6.07, 6.45) is 5.88. The van der Waals surface area contributed by atoms with Crippen molar-refractivity contribution in [1.29, 1.82) is 0 Å². The number of halogens is 1. The Kier molecular flexibility index (Phi) is 25.5. The summed E-state index contributed by atoms with van der Waals surface area (Å²) in [5.41, 5.74) is 8.39. The average Bonchev–Trinajstić information content (AvgIpc) is 1.13. The number of nitrogen functional groups attached to an aromatic ring is 1. The number of rotatable bonds is 21. The van der Waals surface area contributed by atoms with Crippen molar-refractivity contribution in [3.63, 3.8) is 0 Å². The Balaban J connectivity index is 0.000000218. The SMILES string of the molecule is C=CCl.CC(=O)Cn1ncc2c(=O)[nH]c(NC(=O)C(C)C)nc21.CC(C)C(=O)Nc1nc2[nH]ncc2c(=O)[nH]1.COc1ccc(C(NCCC(CC(C)=O)C(=O)Cn2ncc3c(=O)[nH]c(NC(=O)C(C)C)nc32)(c2ccccc2)c2ccccc2)cc1.Nc1nc2[nH]ncc2c(=O)[nH]1. The van der Waals surface area contributed by atoms with E-state index in [2.05, 4.69) is 123 Å². The maximum atomic E-state index is 13.8. The van der Waals surface area contributed by atoms with E-state index >= 15 is 0 Å². The molecule has 0 saturated carbocycles. The smallest absolute Gasteiger partial charge is 0.263 e. The molecule has 512 valence electrons. The van der Waals surface area contributed by atoms with Gasteiger partial charge in [0, 0.05) is 30.1 Å². The number of aromatic nitrogens is 16. The third kappa shape index (κ3) is 18.9. The summed E-state index contributed by atoms with van der Waals surface area (Å²) in [7, 11) is 1.63. The Hall–Kier alpha value is -11.9. The van der Waals surface area contributed by atoms with Crippen LogP contribution in [0.3, 0.4) is 0 Å². The van der Waals surface area contributed by atoms with Crippen LogP contribution in [0.25, 0.3) is 44.1 Å². The highest BCUT2D eigenvalue weighted by molar-refractivity contribution is 6.25. The van der Waals surface area contributed by atoms with Crippen molar-refractivity contribution in [1.82, 2.24) is 85.1 Å². The van der Waals surface area contributed by atoms with Gasteiger partial charge >= 0.3 is 0 Å². The zero-order chi connectivity index (χ0) is 71.4. The Labute approximate surface area is 562 Å². The molecule has 1 atom stereocenters. The zero-order valence-electron chi connectivity index (χ0n) is 54.9. The summed E-state index contributed by atoms with van der Waals surface area (Å²) in [6.45, 7) is 16.6. The van der Waals surface area contributed by atoms with Gasteiger partial charge in [0.05, 0.1) is 37.4 Å². The molecule has 11 rings (SSSR count). The summed E-state index contributed by atoms with van der Waals surface area (Å²) in [4.78, 5) is 146. The van der Waals surface area contributed by atoms with Crippen molar-refractivity contribution in [2.24, 2.45) is 23.7 Å². The van der Waals surface area contributed by atoms with E-state index in [0.29, 0.717) is 35.0 Å². The third-order valence-electron chi connectivity index (χ3n) is 14.5. The molecule has 98 heavy (non-hydrogen) atoms. The monoisotopic (exact) mass is 1360 g/mol. The summed E-state index contributed by atoms with van der Waals surface area (Å²) < 4.78 is 8.11. The quantitative estimate of drug-likeness (QED) is 0.0367. The van der Waals surface area contributed by atoms with Gasteiger partial charge in [-0.2, -0.15) is 40.3 Å². The zero-order valence-corrected chi connectivity index (χ0v) is 55.7. The highest BCUT2D eigenvalue weighted by Gasteiger charge is 2.36. The van der Waals surface area contributed by atoms with Crippen LogP contribution in [-0.2, 0) is 47.4 Å². The molecule has 1 unspecified atom stereocenters. The number of hydrogen-bond donors (Lipinski definition) is 11. The van der Waals surface area contributed by atoms with E-state index < -0.39 is 22.6 Å². The fourth-order valence-electron chi connectivity index (χ4n) is 9.50. The number of H-pyrrole nitrogens is 6. The first kappa shape index (κ1) is 73.5. The van der Waals surface area contributed by atoms with Crippen LogP contribution in [0.4, 0.5) is 23.8 Å². The van der Waals surface area contributed by atoms with Crippen LogP contribution in [0.2, 0.25) is 0 Å². The first-order chi connectivity index (χ1) is 46.8. The number of carbonyl (C=O) groups excluding carboxylic acids is 6. The molecule has 8 heterocycles. The second kappa shape index (κ2) is 34.0. The summed E-state index contributed by atoms with van der Waals surface area (Å²) in [5.74, 6) is -1.62. The molecule has 3 amide bonds. The standard InChI is InChI=1S/C37H40N6O5.C12H15N5O3.C9H11N5O2.C5H5N5O.C2H3Cl/c1-24(2)34(46)41-36-40-33-31(35(47)42-36)22-39-43(33)23-32(45)26(21-25(3)44)19-20-38-37(27-11-7-5-8-12-27,28-13-9-6-10-14-28)29-15-17-30(48-4)18-16-29;1-6(2)10(19)15-12-14-9-8(11(20)16-12)4-13-17(9)5-7(3)18;1-4(2)7(15)12-9-11-6-5(3-10-14-6)8(16)13-9;6-5-8-3-2(1-7-10-3)4(11)9-5;1-2-3/h5-18,22,24,26,38H,19-21,23H2,1-4H3,(H2,40,41,42,46,47);4,6H,5H2,1-3H3,(H2,14,15,16,19,20);3-4H,1-2H3,(H3,10,11,12,13,14,15,16);1H,(H4,6,7,8,9,10,11);2H,1H2. The number of hydrogen-bond acceptors (Lipinski definition) is 21. The second-order valence-corrected chi connectivity index (χ2v) is 23.1. The van der Waals surface area contributed by atoms with Gasteiger partial charge < -0.3 is 15.3 Å². The summed E-state index contributed by atoms with van der Waals surface area (Å²) in [5, 5.41) is 33.3. The van der Waals surface area contributed by atoms with E-state index in [0.717, 1.165) is 22.4 Å². The Morgan fingerprint density at radius 3 is 1.41 bits per heavy atom. The van der Waals surface area contributed by atoms with Crippen molar-refractivity contribution in [3.8, 4) is 5.75 Å². The molecule has 0 radical (unpaired) electrons. The molecule has 3 aromatic carbocycles. The van der Waals surface area contributed by atoms with E-state index in [9.17, 15) is 47.9 Å². The summed E-state index contributed by atoms with van der Waals surface area (Å²) >= 11 is 4.76. The molecule has 0 spiro atoms. The van der Waals surface area contributed by atoms with Gasteiger partial charge in [-0.1, -0.05) is 133 Å². The lowest BCUT2D eigenvalue weighted by molar-refractivity contribution is -0.128. The number of ether oxygens (including phenoxy) is 1. The number of amides is 3. The maximum Gasteiger partial charge on any atom is 0.263 e. The van der Waals surface area contributed by atoms with Gasteiger partial charge in [-0.05, 0) is 61.2 Å². The van der Waals surface area contributed by atoms with E-state index in [4.69, 9.17) is 22.1 Å². The van der Waals surface area contributed by atoms with E-state index in [1.807, 2.05) is 60.7 Å². The number of methoxy groups -OCH3 is 1. The average molecular weight is 1360 g/mol. The van der Waals surface area contributed by atoms with Gasteiger partial charge in [-0.25, -0.2) is 9.36 Å². The van der Waals surface area contributed by atoms with E-state index in [-0.39, 0.29) is 129 Å². The molecule has 0 aliphatic carbocycles. The van der Waals surface area contributed by atoms with Crippen molar-refractivity contribution >= 4 is 115 Å². The molecule has 8 aromatic heterocycles. The number of nitrogens with two attached hydrogens (primary N) is 1. The summed E-state index contributed by atoms with van der Waals surface area (Å²) in [6, 6.07) is 28.1. The minimum atomic E-state index is -0.779. The molecular formula is C65H74ClN21O11. The molecule has 0 aliphatic heterocycles. The highest BCUT2D eigenvalue weighted by Crippen LogP contribution is 2.38. The highest BCUT2D eigenvalue weighted by atomic mass is 35.5. The Morgan fingerprint density at radius 1 is 0.571 bits per heavy atom. The number of ketones is 3. The van der Waals surface area contributed by atoms with Crippen LogP contribution < -0.4 is 54.0 Å². The molecule has 0 saturated heterocycles. The second-order valence-electron chi connectivity index (χ2n) is 22.8. The number of nitrogens with zero attached hydrogens (tertiary/aromatic N) is 10. The first-order valence-electron chi connectivity index (χ1n) is 30.5. The molecule has 12 N–H and O–H groups in total. The van der Waals surface area contributed by atoms with E-state index in [1.54, 1.807) is 48.7 Å². The number of anilines is 4. The molecule has 0 fully saturated rings.